The molecule has 0 atom stereocenters. The molecule has 142 valence electrons. The SMILES string of the molecule is COc1ccc(/C=c2/c(=O)[nH]/c(=C\c3ccccc3)c(=O)n2CC2CC2)cc1. The van der Waals surface area contributed by atoms with Crippen molar-refractivity contribution in [1.29, 1.82) is 0 Å². The summed E-state index contributed by atoms with van der Waals surface area (Å²) in [7, 11) is 1.61. The molecule has 1 heterocycles. The normalized spacial score (nSPS) is 15.0. The topological polar surface area (TPSA) is 64.1 Å². The molecular formula is C23H22N2O3. The largest absolute Gasteiger partial charge is 0.497 e. The van der Waals surface area contributed by atoms with E-state index in [1.807, 2.05) is 54.6 Å². The standard InChI is InChI=1S/C23H22N2O3/c1-28-19-11-9-17(10-12-19)14-21-22(26)24-20(13-16-5-3-2-4-6-16)23(27)25(21)15-18-7-8-18/h2-6,9-14,18H,7-8,15H2,1H3,(H,24,26)/b20-13-,21-14-. The molecule has 0 unspecified atom stereocenters. The fourth-order valence-electron chi connectivity index (χ4n) is 3.17. The summed E-state index contributed by atoms with van der Waals surface area (Å²) < 4.78 is 6.80. The molecule has 0 aliphatic heterocycles. The van der Waals surface area contributed by atoms with Crippen LogP contribution in [-0.2, 0) is 6.54 Å². The van der Waals surface area contributed by atoms with Gasteiger partial charge < -0.3 is 14.3 Å². The highest BCUT2D eigenvalue weighted by molar-refractivity contribution is 5.50. The summed E-state index contributed by atoms with van der Waals surface area (Å²) in [5.41, 5.74) is 1.28. The van der Waals surface area contributed by atoms with E-state index < -0.39 is 0 Å². The minimum absolute atomic E-state index is 0.171. The number of benzene rings is 2. The first-order valence-corrected chi connectivity index (χ1v) is 9.40. The maximum absolute atomic E-state index is 13.1. The monoisotopic (exact) mass is 374 g/mol. The Labute approximate surface area is 162 Å². The minimum atomic E-state index is -0.266. The summed E-state index contributed by atoms with van der Waals surface area (Å²) in [5, 5.41) is 0.691. The van der Waals surface area contributed by atoms with Crippen LogP contribution < -0.4 is 26.6 Å². The third-order valence-electron chi connectivity index (χ3n) is 4.91. The molecule has 0 bridgehead atoms. The molecule has 1 saturated carbocycles. The highest BCUT2D eigenvalue weighted by atomic mass is 16.5. The Kier molecular flexibility index (Phi) is 4.98. The van der Waals surface area contributed by atoms with Crippen LogP contribution in [0.3, 0.4) is 0 Å². The molecule has 1 aliphatic carbocycles. The van der Waals surface area contributed by atoms with Gasteiger partial charge >= 0.3 is 0 Å². The fraction of sp³-hybridized carbons (Fsp3) is 0.217. The van der Waals surface area contributed by atoms with Crippen LogP contribution in [0.1, 0.15) is 24.0 Å². The molecule has 3 aromatic rings. The summed E-state index contributed by atoms with van der Waals surface area (Å²) in [4.78, 5) is 28.7. The van der Waals surface area contributed by atoms with Gasteiger partial charge in [-0.3, -0.25) is 9.59 Å². The van der Waals surface area contributed by atoms with Crippen LogP contribution >= 0.6 is 0 Å². The summed E-state index contributed by atoms with van der Waals surface area (Å²) >= 11 is 0. The molecule has 0 spiro atoms. The van der Waals surface area contributed by atoms with Crippen molar-refractivity contribution in [2.75, 3.05) is 7.11 Å². The Bertz CT molecular complexity index is 1200. The maximum Gasteiger partial charge on any atom is 0.274 e. The number of aromatic nitrogens is 2. The van der Waals surface area contributed by atoms with Crippen molar-refractivity contribution >= 4 is 12.2 Å². The molecule has 1 aliphatic rings. The second-order valence-electron chi connectivity index (χ2n) is 7.08. The first kappa shape index (κ1) is 18.0. The van der Waals surface area contributed by atoms with Crippen LogP contribution in [0, 0.1) is 5.92 Å². The van der Waals surface area contributed by atoms with Crippen molar-refractivity contribution in [2.24, 2.45) is 5.92 Å². The van der Waals surface area contributed by atoms with Crippen LogP contribution in [0.5, 0.6) is 5.75 Å². The lowest BCUT2D eigenvalue weighted by molar-refractivity contribution is 0.415. The first-order chi connectivity index (χ1) is 13.6. The summed E-state index contributed by atoms with van der Waals surface area (Å²) in [6.07, 6.45) is 5.68. The molecule has 5 heteroatoms. The lowest BCUT2D eigenvalue weighted by Crippen LogP contribution is -2.53. The molecule has 4 rings (SSSR count). The second-order valence-corrected chi connectivity index (χ2v) is 7.08. The number of H-pyrrole nitrogens is 1. The van der Waals surface area contributed by atoms with E-state index in [2.05, 4.69) is 4.98 Å². The maximum atomic E-state index is 13.1. The predicted octanol–water partition coefficient (Wildman–Crippen LogP) is 1.61. The number of aromatic amines is 1. The van der Waals surface area contributed by atoms with Gasteiger partial charge in [0.1, 0.15) is 16.4 Å². The van der Waals surface area contributed by atoms with Crippen molar-refractivity contribution in [1.82, 2.24) is 9.55 Å². The van der Waals surface area contributed by atoms with E-state index in [9.17, 15) is 9.59 Å². The predicted molar refractivity (Wildman–Crippen MR) is 110 cm³/mol. The van der Waals surface area contributed by atoms with Crippen LogP contribution in [0.15, 0.2) is 64.2 Å². The van der Waals surface area contributed by atoms with Crippen molar-refractivity contribution in [3.63, 3.8) is 0 Å². The van der Waals surface area contributed by atoms with E-state index in [4.69, 9.17) is 4.74 Å². The molecular weight excluding hydrogens is 352 g/mol. The Hall–Kier alpha value is -3.34. The van der Waals surface area contributed by atoms with Crippen LogP contribution in [0.4, 0.5) is 0 Å². The zero-order chi connectivity index (χ0) is 19.5. The summed E-state index contributed by atoms with van der Waals surface area (Å²) in [6, 6.07) is 16.9. The average Bonchev–Trinajstić information content (AvgIpc) is 3.54. The average molecular weight is 374 g/mol. The second kappa shape index (κ2) is 7.72. The van der Waals surface area contributed by atoms with Gasteiger partial charge in [0.25, 0.3) is 11.1 Å². The van der Waals surface area contributed by atoms with Crippen LogP contribution in [-0.4, -0.2) is 16.7 Å². The molecule has 28 heavy (non-hydrogen) atoms. The highest BCUT2D eigenvalue weighted by Crippen LogP contribution is 2.29. The highest BCUT2D eigenvalue weighted by Gasteiger charge is 2.23. The van der Waals surface area contributed by atoms with E-state index in [1.165, 1.54) is 0 Å². The van der Waals surface area contributed by atoms with E-state index >= 15 is 0 Å². The lowest BCUT2D eigenvalue weighted by Gasteiger charge is -2.06. The van der Waals surface area contributed by atoms with Gasteiger partial charge in [0.05, 0.1) is 7.11 Å². The van der Waals surface area contributed by atoms with Gasteiger partial charge in [0.2, 0.25) is 0 Å². The zero-order valence-electron chi connectivity index (χ0n) is 15.7. The van der Waals surface area contributed by atoms with E-state index in [0.29, 0.717) is 23.2 Å². The number of hydrogen-bond donors (Lipinski definition) is 1. The van der Waals surface area contributed by atoms with Crippen molar-refractivity contribution < 1.29 is 4.74 Å². The van der Waals surface area contributed by atoms with E-state index in [0.717, 1.165) is 29.7 Å². The third-order valence-corrected chi connectivity index (χ3v) is 4.91. The van der Waals surface area contributed by atoms with Gasteiger partial charge in [-0.1, -0.05) is 42.5 Å². The third kappa shape index (κ3) is 3.98. The number of nitrogens with one attached hydrogen (secondary N) is 1. The number of rotatable bonds is 5. The van der Waals surface area contributed by atoms with Gasteiger partial charge in [-0.2, -0.15) is 0 Å². The van der Waals surface area contributed by atoms with Crippen molar-refractivity contribution in [3.8, 4) is 5.75 Å². The van der Waals surface area contributed by atoms with Gasteiger partial charge in [-0.05, 0) is 54.2 Å². The molecule has 1 fully saturated rings. The zero-order valence-corrected chi connectivity index (χ0v) is 15.7. The van der Waals surface area contributed by atoms with Gasteiger partial charge in [-0.25, -0.2) is 0 Å². The molecule has 0 saturated heterocycles. The van der Waals surface area contributed by atoms with Gasteiger partial charge in [-0.15, -0.1) is 0 Å². The summed E-state index contributed by atoms with van der Waals surface area (Å²) in [6.45, 7) is 0.570. The lowest BCUT2D eigenvalue weighted by atomic mass is 10.2. The molecule has 1 N–H and O–H groups in total. The quantitative estimate of drug-likeness (QED) is 0.738. The molecule has 0 amide bonds. The van der Waals surface area contributed by atoms with Crippen molar-refractivity contribution in [3.05, 3.63) is 97.1 Å². The number of methoxy groups -OCH3 is 1. The molecule has 0 radical (unpaired) electrons. The molecule has 1 aromatic heterocycles. The number of ether oxygens (including phenoxy) is 1. The fourth-order valence-corrected chi connectivity index (χ4v) is 3.17. The Balaban J connectivity index is 1.89. The number of nitrogens with zero attached hydrogens (tertiary/aromatic N) is 1. The Morgan fingerprint density at radius 3 is 2.32 bits per heavy atom. The Morgan fingerprint density at radius 1 is 1.00 bits per heavy atom. The first-order valence-electron chi connectivity index (χ1n) is 9.40. The molecule has 2 aromatic carbocycles. The minimum Gasteiger partial charge on any atom is -0.497 e. The van der Waals surface area contributed by atoms with E-state index in [1.54, 1.807) is 23.8 Å². The smallest absolute Gasteiger partial charge is 0.274 e. The van der Waals surface area contributed by atoms with Gasteiger partial charge in [0.15, 0.2) is 0 Å². The van der Waals surface area contributed by atoms with Crippen LogP contribution in [0.2, 0.25) is 0 Å². The van der Waals surface area contributed by atoms with E-state index in [-0.39, 0.29) is 11.1 Å². The van der Waals surface area contributed by atoms with Crippen LogP contribution in [0.25, 0.3) is 12.2 Å². The summed E-state index contributed by atoms with van der Waals surface area (Å²) in [5.74, 6) is 1.21. The Morgan fingerprint density at radius 2 is 1.68 bits per heavy atom. The van der Waals surface area contributed by atoms with Gasteiger partial charge in [0, 0.05) is 6.54 Å². The molecule has 5 nitrogen and oxygen atoms in total. The number of hydrogen-bond acceptors (Lipinski definition) is 3. The van der Waals surface area contributed by atoms with Crippen molar-refractivity contribution in [2.45, 2.75) is 19.4 Å².